The molecule has 0 bridgehead atoms. The molecule has 1 aromatic heterocycles. The summed E-state index contributed by atoms with van der Waals surface area (Å²) < 4.78 is 18.6. The van der Waals surface area contributed by atoms with E-state index in [0.29, 0.717) is 5.56 Å². The van der Waals surface area contributed by atoms with E-state index in [4.69, 9.17) is 22.1 Å². The molecule has 0 radical (unpaired) electrons. The van der Waals surface area contributed by atoms with E-state index in [1.165, 1.54) is 12.3 Å². The van der Waals surface area contributed by atoms with E-state index in [1.807, 2.05) is 0 Å². The second kappa shape index (κ2) is 4.97. The summed E-state index contributed by atoms with van der Waals surface area (Å²) in [6.07, 6.45) is 1.34. The summed E-state index contributed by atoms with van der Waals surface area (Å²) >= 11 is 5.60. The molecule has 0 unspecified atom stereocenters. The van der Waals surface area contributed by atoms with Gasteiger partial charge in [0.2, 0.25) is 11.2 Å². The van der Waals surface area contributed by atoms with Crippen LogP contribution in [0.1, 0.15) is 5.56 Å². The van der Waals surface area contributed by atoms with Gasteiger partial charge in [-0.15, -0.1) is 0 Å². The molecule has 0 saturated heterocycles. The van der Waals surface area contributed by atoms with Crippen molar-refractivity contribution in [2.75, 3.05) is 5.73 Å². The van der Waals surface area contributed by atoms with E-state index >= 15 is 0 Å². The third-order valence-corrected chi connectivity index (χ3v) is 2.26. The highest BCUT2D eigenvalue weighted by atomic mass is 35.5. The lowest BCUT2D eigenvalue weighted by Gasteiger charge is -2.07. The van der Waals surface area contributed by atoms with E-state index < -0.39 is 0 Å². The molecule has 4 nitrogen and oxygen atoms in total. The van der Waals surface area contributed by atoms with Gasteiger partial charge in [0.05, 0.1) is 6.20 Å². The van der Waals surface area contributed by atoms with Crippen molar-refractivity contribution in [1.82, 2.24) is 9.97 Å². The van der Waals surface area contributed by atoms with Gasteiger partial charge in [-0.1, -0.05) is 18.2 Å². The normalized spacial score (nSPS) is 10.2. The number of nitrogen functional groups attached to an aromatic ring is 1. The number of nitrogens with zero attached hydrogens (tertiary/aromatic N) is 2. The van der Waals surface area contributed by atoms with Crippen LogP contribution in [-0.4, -0.2) is 9.97 Å². The lowest BCUT2D eigenvalue weighted by atomic mass is 10.2. The monoisotopic (exact) mass is 253 g/mol. The number of ether oxygens (including phenoxy) is 1. The zero-order chi connectivity index (χ0) is 12.3. The van der Waals surface area contributed by atoms with Crippen molar-refractivity contribution in [3.05, 3.63) is 47.1 Å². The Morgan fingerprint density at radius 2 is 2.12 bits per heavy atom. The summed E-state index contributed by atoms with van der Waals surface area (Å²) in [5.74, 6) is -0.195. The minimum atomic E-state index is -0.341. The van der Waals surface area contributed by atoms with Crippen molar-refractivity contribution in [3.63, 3.8) is 0 Å². The van der Waals surface area contributed by atoms with Crippen LogP contribution in [0, 0.1) is 5.82 Å². The second-order valence-corrected chi connectivity index (χ2v) is 3.62. The minimum absolute atomic E-state index is 0.0303. The van der Waals surface area contributed by atoms with Crippen molar-refractivity contribution in [1.29, 1.82) is 0 Å². The molecule has 88 valence electrons. The van der Waals surface area contributed by atoms with E-state index in [-0.39, 0.29) is 29.3 Å². The highest BCUT2D eigenvalue weighted by Crippen LogP contribution is 2.20. The third-order valence-electron chi connectivity index (χ3n) is 2.07. The van der Waals surface area contributed by atoms with Gasteiger partial charge in [-0.25, -0.2) is 9.37 Å². The number of anilines is 1. The molecule has 2 aromatic rings. The molecule has 0 fully saturated rings. The van der Waals surface area contributed by atoms with Crippen LogP contribution < -0.4 is 10.5 Å². The maximum Gasteiger partial charge on any atom is 0.241 e. The number of aromatic nitrogens is 2. The Bertz CT molecular complexity index is 536. The van der Waals surface area contributed by atoms with Gasteiger partial charge in [-0.3, -0.25) is 0 Å². The van der Waals surface area contributed by atoms with Crippen LogP contribution in [0.3, 0.4) is 0 Å². The summed E-state index contributed by atoms with van der Waals surface area (Å²) in [5, 5.41) is 0.0303. The van der Waals surface area contributed by atoms with Crippen molar-refractivity contribution < 1.29 is 9.13 Å². The Balaban J connectivity index is 2.12. The number of hydrogen-bond donors (Lipinski definition) is 1. The van der Waals surface area contributed by atoms with Crippen LogP contribution >= 0.6 is 11.6 Å². The number of hydrogen-bond acceptors (Lipinski definition) is 4. The molecule has 0 saturated carbocycles. The van der Waals surface area contributed by atoms with Crippen LogP contribution in [0.15, 0.2) is 30.5 Å². The van der Waals surface area contributed by atoms with Gasteiger partial charge < -0.3 is 10.5 Å². The molecule has 0 amide bonds. The first-order chi connectivity index (χ1) is 8.16. The minimum Gasteiger partial charge on any atom is -0.471 e. The SMILES string of the molecule is Nc1cnc(Cl)nc1OCc1ccccc1F. The molecule has 1 heterocycles. The van der Waals surface area contributed by atoms with Gasteiger partial charge in [-0.05, 0) is 17.7 Å². The van der Waals surface area contributed by atoms with Gasteiger partial charge in [0, 0.05) is 5.56 Å². The molecule has 6 heteroatoms. The number of nitrogens with two attached hydrogens (primary N) is 1. The van der Waals surface area contributed by atoms with E-state index in [2.05, 4.69) is 9.97 Å². The number of benzene rings is 1. The predicted molar refractivity (Wildman–Crippen MR) is 62.2 cm³/mol. The molecule has 0 spiro atoms. The Labute approximate surface area is 102 Å². The van der Waals surface area contributed by atoms with E-state index in [1.54, 1.807) is 18.2 Å². The van der Waals surface area contributed by atoms with Crippen molar-refractivity contribution in [2.45, 2.75) is 6.61 Å². The van der Waals surface area contributed by atoms with Crippen LogP contribution in [-0.2, 0) is 6.61 Å². The summed E-state index contributed by atoms with van der Waals surface area (Å²) in [4.78, 5) is 7.49. The fourth-order valence-corrected chi connectivity index (χ4v) is 1.36. The van der Waals surface area contributed by atoms with Crippen LogP contribution in [0.2, 0.25) is 5.28 Å². The van der Waals surface area contributed by atoms with Gasteiger partial charge >= 0.3 is 0 Å². The average Bonchev–Trinajstić information content (AvgIpc) is 2.32. The number of rotatable bonds is 3. The predicted octanol–water partition coefficient (Wildman–Crippen LogP) is 2.43. The number of halogens is 2. The van der Waals surface area contributed by atoms with Crippen LogP contribution in [0.4, 0.5) is 10.1 Å². The van der Waals surface area contributed by atoms with E-state index in [0.717, 1.165) is 0 Å². The zero-order valence-electron chi connectivity index (χ0n) is 8.73. The molecule has 0 aliphatic heterocycles. The standard InChI is InChI=1S/C11H9ClFN3O/c12-11-15-5-9(14)10(16-11)17-6-7-3-1-2-4-8(7)13/h1-5H,6,14H2. The first-order valence-corrected chi connectivity index (χ1v) is 5.19. The molecular formula is C11H9ClFN3O. The molecule has 1 aromatic carbocycles. The lowest BCUT2D eigenvalue weighted by Crippen LogP contribution is -2.03. The highest BCUT2D eigenvalue weighted by Gasteiger charge is 2.06. The first kappa shape index (κ1) is 11.6. The van der Waals surface area contributed by atoms with Gasteiger partial charge in [0.15, 0.2) is 0 Å². The lowest BCUT2D eigenvalue weighted by molar-refractivity contribution is 0.289. The fourth-order valence-electron chi connectivity index (χ4n) is 1.23. The Kier molecular flexibility index (Phi) is 3.39. The van der Waals surface area contributed by atoms with Crippen molar-refractivity contribution in [2.24, 2.45) is 0 Å². The molecule has 0 aliphatic carbocycles. The van der Waals surface area contributed by atoms with Crippen molar-refractivity contribution >= 4 is 17.3 Å². The molecule has 0 aliphatic rings. The maximum absolute atomic E-state index is 13.3. The quantitative estimate of drug-likeness (QED) is 0.854. The molecular weight excluding hydrogens is 245 g/mol. The molecule has 0 atom stereocenters. The topological polar surface area (TPSA) is 61.0 Å². The fraction of sp³-hybridized carbons (Fsp3) is 0.0909. The summed E-state index contributed by atoms with van der Waals surface area (Å²) in [5.41, 5.74) is 6.26. The van der Waals surface area contributed by atoms with Gasteiger partial charge in [0.1, 0.15) is 18.1 Å². The zero-order valence-corrected chi connectivity index (χ0v) is 9.49. The average molecular weight is 254 g/mol. The third kappa shape index (κ3) is 2.82. The highest BCUT2D eigenvalue weighted by molar-refractivity contribution is 6.28. The summed E-state index contributed by atoms with van der Waals surface area (Å²) in [6.45, 7) is 0.0320. The van der Waals surface area contributed by atoms with Gasteiger partial charge in [0.25, 0.3) is 0 Å². The Hall–Kier alpha value is -1.88. The summed E-state index contributed by atoms with van der Waals surface area (Å²) in [6, 6.07) is 6.30. The van der Waals surface area contributed by atoms with E-state index in [9.17, 15) is 4.39 Å². The molecule has 17 heavy (non-hydrogen) atoms. The summed E-state index contributed by atoms with van der Waals surface area (Å²) in [7, 11) is 0. The molecule has 2 N–H and O–H groups in total. The largest absolute Gasteiger partial charge is 0.471 e. The smallest absolute Gasteiger partial charge is 0.241 e. The van der Waals surface area contributed by atoms with Crippen LogP contribution in [0.25, 0.3) is 0 Å². The first-order valence-electron chi connectivity index (χ1n) is 4.81. The van der Waals surface area contributed by atoms with Gasteiger partial charge in [-0.2, -0.15) is 4.98 Å². The van der Waals surface area contributed by atoms with Crippen molar-refractivity contribution in [3.8, 4) is 5.88 Å². The Morgan fingerprint density at radius 3 is 2.88 bits per heavy atom. The Morgan fingerprint density at radius 1 is 1.35 bits per heavy atom. The second-order valence-electron chi connectivity index (χ2n) is 3.28. The maximum atomic E-state index is 13.3. The molecule has 2 rings (SSSR count). The van der Waals surface area contributed by atoms with Crippen LogP contribution in [0.5, 0.6) is 5.88 Å².